The van der Waals surface area contributed by atoms with E-state index in [4.69, 9.17) is 38.0 Å². The molecule has 6 nitrogen and oxygen atoms in total. The predicted molar refractivity (Wildman–Crippen MR) is 147 cm³/mol. The van der Waals surface area contributed by atoms with Crippen LogP contribution in [0.3, 0.4) is 0 Å². The van der Waals surface area contributed by atoms with Gasteiger partial charge in [-0.2, -0.15) is 0 Å². The quantitative estimate of drug-likeness (QED) is 0.242. The SMILES string of the molecule is CCOc1ccc(N2C(=O)/C(=C/c3ccc(OCc4ccc(Cl)cc4)c(OCC)c3)N(C)C2=S)cc1. The van der Waals surface area contributed by atoms with Crippen LogP contribution in [-0.2, 0) is 11.4 Å². The summed E-state index contributed by atoms with van der Waals surface area (Å²) in [5.41, 5.74) is 2.94. The Labute approximate surface area is 221 Å². The second-order valence-electron chi connectivity index (χ2n) is 7.99. The number of hydrogen-bond acceptors (Lipinski definition) is 5. The zero-order chi connectivity index (χ0) is 25.7. The first kappa shape index (κ1) is 25.5. The Balaban J connectivity index is 1.56. The largest absolute Gasteiger partial charge is 0.494 e. The van der Waals surface area contributed by atoms with Crippen LogP contribution in [0.1, 0.15) is 25.0 Å². The fourth-order valence-corrected chi connectivity index (χ4v) is 4.16. The summed E-state index contributed by atoms with van der Waals surface area (Å²) < 4.78 is 17.3. The van der Waals surface area contributed by atoms with Gasteiger partial charge in [-0.25, -0.2) is 0 Å². The molecule has 1 saturated heterocycles. The number of halogens is 1. The van der Waals surface area contributed by atoms with Crippen molar-refractivity contribution in [1.29, 1.82) is 0 Å². The maximum atomic E-state index is 13.3. The monoisotopic (exact) mass is 522 g/mol. The standard InChI is InChI=1S/C28H27ClN2O4S/c1-4-33-23-13-11-22(12-14-23)31-27(32)24(30(3)28(31)36)16-20-8-15-25(26(17-20)34-5-2)35-18-19-6-9-21(29)10-7-19/h6-17H,4-5,18H2,1-3H3/b24-16-. The molecule has 0 saturated carbocycles. The Bertz CT molecular complexity index is 1280. The highest BCUT2D eigenvalue weighted by Crippen LogP contribution is 2.33. The van der Waals surface area contributed by atoms with Gasteiger partial charge in [0.15, 0.2) is 16.6 Å². The normalized spacial score (nSPS) is 14.5. The molecule has 0 bridgehead atoms. The molecule has 8 heteroatoms. The van der Waals surface area contributed by atoms with Crippen molar-refractivity contribution in [2.24, 2.45) is 0 Å². The van der Waals surface area contributed by atoms with Crippen LogP contribution in [-0.4, -0.2) is 36.2 Å². The molecule has 3 aromatic carbocycles. The number of ether oxygens (including phenoxy) is 3. The van der Waals surface area contributed by atoms with E-state index in [2.05, 4.69) is 0 Å². The van der Waals surface area contributed by atoms with Gasteiger partial charge in [0.2, 0.25) is 0 Å². The first-order valence-corrected chi connectivity index (χ1v) is 12.4. The Hall–Kier alpha value is -3.55. The average molecular weight is 523 g/mol. The van der Waals surface area contributed by atoms with Crippen LogP contribution in [0.5, 0.6) is 17.2 Å². The molecule has 4 rings (SSSR count). The summed E-state index contributed by atoms with van der Waals surface area (Å²) in [6.07, 6.45) is 1.80. The van der Waals surface area contributed by atoms with Gasteiger partial charge in [0.25, 0.3) is 5.91 Å². The molecule has 0 radical (unpaired) electrons. The molecule has 186 valence electrons. The molecule has 0 unspecified atom stereocenters. The summed E-state index contributed by atoms with van der Waals surface area (Å²) in [6, 6.07) is 20.4. The molecule has 3 aromatic rings. The van der Waals surface area contributed by atoms with Crippen LogP contribution in [0, 0.1) is 0 Å². The lowest BCUT2D eigenvalue weighted by Gasteiger charge is -2.16. The first-order valence-electron chi connectivity index (χ1n) is 11.6. The predicted octanol–water partition coefficient (Wildman–Crippen LogP) is 6.32. The summed E-state index contributed by atoms with van der Waals surface area (Å²) in [5, 5.41) is 1.08. The van der Waals surface area contributed by atoms with Crippen molar-refractivity contribution in [2.75, 3.05) is 25.2 Å². The highest BCUT2D eigenvalue weighted by molar-refractivity contribution is 7.80. The second kappa shape index (κ2) is 11.5. The molecule has 0 N–H and O–H groups in total. The minimum atomic E-state index is -0.201. The van der Waals surface area contributed by atoms with E-state index in [1.807, 2.05) is 80.6 Å². The number of amides is 1. The van der Waals surface area contributed by atoms with Gasteiger partial charge in [-0.05, 0) is 91.8 Å². The van der Waals surface area contributed by atoms with Gasteiger partial charge in [-0.3, -0.25) is 9.69 Å². The third-order valence-electron chi connectivity index (χ3n) is 5.55. The van der Waals surface area contributed by atoms with Crippen molar-refractivity contribution in [1.82, 2.24) is 4.90 Å². The maximum absolute atomic E-state index is 13.3. The van der Waals surface area contributed by atoms with Crippen LogP contribution >= 0.6 is 23.8 Å². The number of nitrogens with zero attached hydrogens (tertiary/aromatic N) is 2. The van der Waals surface area contributed by atoms with E-state index >= 15 is 0 Å². The van der Waals surface area contributed by atoms with Crippen molar-refractivity contribution in [3.8, 4) is 17.2 Å². The van der Waals surface area contributed by atoms with Crippen molar-refractivity contribution in [3.63, 3.8) is 0 Å². The average Bonchev–Trinajstić information content (AvgIpc) is 3.08. The summed E-state index contributed by atoms with van der Waals surface area (Å²) in [7, 11) is 1.79. The zero-order valence-electron chi connectivity index (χ0n) is 20.4. The van der Waals surface area contributed by atoms with Gasteiger partial charge in [0.1, 0.15) is 18.1 Å². The molecular weight excluding hydrogens is 496 g/mol. The molecule has 1 heterocycles. The third-order valence-corrected chi connectivity index (χ3v) is 6.25. The van der Waals surface area contributed by atoms with Crippen molar-refractivity contribution in [3.05, 3.63) is 88.6 Å². The van der Waals surface area contributed by atoms with Crippen LogP contribution < -0.4 is 19.1 Å². The Morgan fingerprint density at radius 3 is 2.25 bits per heavy atom. The van der Waals surface area contributed by atoms with E-state index in [1.165, 1.54) is 4.90 Å². The van der Waals surface area contributed by atoms with E-state index in [1.54, 1.807) is 18.0 Å². The van der Waals surface area contributed by atoms with Crippen LogP contribution in [0.15, 0.2) is 72.4 Å². The Morgan fingerprint density at radius 1 is 0.889 bits per heavy atom. The molecule has 1 amide bonds. The zero-order valence-corrected chi connectivity index (χ0v) is 21.9. The molecule has 0 aromatic heterocycles. The number of benzene rings is 3. The number of likely N-dealkylation sites (N-methyl/N-ethyl adjacent to an activating group) is 1. The molecule has 1 aliphatic rings. The number of carbonyl (C=O) groups is 1. The number of thiocarbonyl (C=S) groups is 1. The molecule has 0 atom stereocenters. The molecule has 0 spiro atoms. The molecule has 1 fully saturated rings. The lowest BCUT2D eigenvalue weighted by Crippen LogP contribution is -2.31. The van der Waals surface area contributed by atoms with Crippen LogP contribution in [0.25, 0.3) is 6.08 Å². The number of anilines is 1. The number of carbonyl (C=O) groups excluding carboxylic acids is 1. The van der Waals surface area contributed by atoms with Crippen molar-refractivity contribution < 1.29 is 19.0 Å². The number of rotatable bonds is 9. The number of hydrogen-bond donors (Lipinski definition) is 0. The van der Waals surface area contributed by atoms with E-state index in [0.717, 1.165) is 16.9 Å². The lowest BCUT2D eigenvalue weighted by molar-refractivity contribution is -0.114. The van der Waals surface area contributed by atoms with E-state index in [0.29, 0.717) is 52.8 Å². The van der Waals surface area contributed by atoms with E-state index in [-0.39, 0.29) is 5.91 Å². The molecule has 1 aliphatic heterocycles. The fraction of sp³-hybridized carbons (Fsp3) is 0.214. The van der Waals surface area contributed by atoms with Crippen LogP contribution in [0.4, 0.5) is 5.69 Å². The van der Waals surface area contributed by atoms with Crippen molar-refractivity contribution >= 4 is 46.6 Å². The molecule has 36 heavy (non-hydrogen) atoms. The lowest BCUT2D eigenvalue weighted by atomic mass is 10.1. The fourth-order valence-electron chi connectivity index (χ4n) is 3.74. The summed E-state index contributed by atoms with van der Waals surface area (Å²) in [6.45, 7) is 5.27. The second-order valence-corrected chi connectivity index (χ2v) is 8.79. The maximum Gasteiger partial charge on any atom is 0.281 e. The topological polar surface area (TPSA) is 51.2 Å². The smallest absolute Gasteiger partial charge is 0.281 e. The van der Waals surface area contributed by atoms with Gasteiger partial charge in [0.05, 0.1) is 18.9 Å². The van der Waals surface area contributed by atoms with Gasteiger partial charge in [-0.1, -0.05) is 29.8 Å². The van der Waals surface area contributed by atoms with Gasteiger partial charge in [0, 0.05) is 12.1 Å². The molecule has 0 aliphatic carbocycles. The summed E-state index contributed by atoms with van der Waals surface area (Å²) in [4.78, 5) is 16.6. The van der Waals surface area contributed by atoms with Gasteiger partial charge >= 0.3 is 0 Å². The van der Waals surface area contributed by atoms with E-state index < -0.39 is 0 Å². The highest BCUT2D eigenvalue weighted by Gasteiger charge is 2.36. The minimum absolute atomic E-state index is 0.201. The third kappa shape index (κ3) is 5.64. The Morgan fingerprint density at radius 2 is 1.58 bits per heavy atom. The Kier molecular flexibility index (Phi) is 8.13. The van der Waals surface area contributed by atoms with Gasteiger partial charge in [-0.15, -0.1) is 0 Å². The summed E-state index contributed by atoms with van der Waals surface area (Å²) in [5.74, 6) is 1.75. The van der Waals surface area contributed by atoms with Crippen LogP contribution in [0.2, 0.25) is 5.02 Å². The minimum Gasteiger partial charge on any atom is -0.494 e. The first-order chi connectivity index (χ1) is 17.4. The van der Waals surface area contributed by atoms with Crippen molar-refractivity contribution in [2.45, 2.75) is 20.5 Å². The molecular formula is C28H27ClN2O4S. The summed E-state index contributed by atoms with van der Waals surface area (Å²) >= 11 is 11.5. The van der Waals surface area contributed by atoms with E-state index in [9.17, 15) is 4.79 Å². The van der Waals surface area contributed by atoms with Gasteiger partial charge < -0.3 is 19.1 Å². The highest BCUT2D eigenvalue weighted by atomic mass is 35.5.